The van der Waals surface area contributed by atoms with Crippen LogP contribution in [-0.2, 0) is 4.79 Å². The van der Waals surface area contributed by atoms with Crippen LogP contribution in [0.2, 0.25) is 0 Å². The van der Waals surface area contributed by atoms with Crippen molar-refractivity contribution in [1.29, 1.82) is 0 Å². The van der Waals surface area contributed by atoms with Crippen LogP contribution in [0.4, 0.5) is 26.4 Å². The Hall–Kier alpha value is -2.71. The number of rotatable bonds is 6. The number of ketones is 1. The fraction of sp³-hybridized carbons (Fsp3) is 0.500. The molecule has 0 bridgehead atoms. The fourth-order valence-electron chi connectivity index (χ4n) is 2.97. The molecule has 7 nitrogen and oxygen atoms in total. The summed E-state index contributed by atoms with van der Waals surface area (Å²) in [7, 11) is 0. The Bertz CT molecular complexity index is 814. The van der Waals surface area contributed by atoms with Crippen LogP contribution in [0.15, 0.2) is 18.3 Å². The number of pyridine rings is 1. The monoisotopic (exact) mass is 376 g/mol. The largest absolute Gasteiger partial charge is 0.352 e. The summed E-state index contributed by atoms with van der Waals surface area (Å²) >= 11 is 0. The number of hydrogen-bond acceptors (Lipinski definition) is 7. The highest BCUT2D eigenvalue weighted by atomic mass is 19.3. The van der Waals surface area contributed by atoms with Crippen molar-refractivity contribution in [3.8, 4) is 0 Å². The smallest absolute Gasteiger partial charge is 0.280 e. The van der Waals surface area contributed by atoms with Crippen LogP contribution in [-0.4, -0.2) is 31.8 Å². The SMILES string of the molecule is CC(C)Nc1nc(Nc2ccnc(C(F)F)c2)nc(C2CCCC(=O)C2)n1. The van der Waals surface area contributed by atoms with Gasteiger partial charge in [0.15, 0.2) is 0 Å². The van der Waals surface area contributed by atoms with Gasteiger partial charge in [0.2, 0.25) is 11.9 Å². The van der Waals surface area contributed by atoms with E-state index in [2.05, 4.69) is 30.6 Å². The van der Waals surface area contributed by atoms with Crippen LogP contribution in [0, 0.1) is 0 Å². The maximum atomic E-state index is 12.9. The molecule has 2 heterocycles. The molecule has 0 saturated heterocycles. The van der Waals surface area contributed by atoms with E-state index in [-0.39, 0.29) is 29.4 Å². The Labute approximate surface area is 156 Å². The van der Waals surface area contributed by atoms with E-state index < -0.39 is 6.43 Å². The number of carbonyl (C=O) groups excluding carboxylic acids is 1. The van der Waals surface area contributed by atoms with Crippen molar-refractivity contribution in [3.05, 3.63) is 29.8 Å². The molecule has 0 radical (unpaired) electrons. The van der Waals surface area contributed by atoms with Crippen molar-refractivity contribution in [2.24, 2.45) is 0 Å². The standard InChI is InChI=1S/C18H22F2N6O/c1-10(2)22-17-24-16(11-4-3-5-13(27)8-11)25-18(26-17)23-12-6-7-21-14(9-12)15(19)20/h6-7,9-11,15H,3-5,8H2,1-2H3,(H2,21,22,23,24,25,26). The van der Waals surface area contributed by atoms with Gasteiger partial charge in [0.1, 0.15) is 17.3 Å². The van der Waals surface area contributed by atoms with E-state index >= 15 is 0 Å². The van der Waals surface area contributed by atoms with E-state index in [1.807, 2.05) is 13.8 Å². The molecule has 1 saturated carbocycles. The molecule has 2 aromatic heterocycles. The topological polar surface area (TPSA) is 92.7 Å². The van der Waals surface area contributed by atoms with Gasteiger partial charge >= 0.3 is 0 Å². The molecule has 0 spiro atoms. The number of halogens is 2. The average Bonchev–Trinajstić information content (AvgIpc) is 2.61. The van der Waals surface area contributed by atoms with E-state index in [1.54, 1.807) is 6.07 Å². The number of nitrogens with one attached hydrogen (secondary N) is 2. The van der Waals surface area contributed by atoms with E-state index in [0.29, 0.717) is 30.3 Å². The zero-order valence-corrected chi connectivity index (χ0v) is 15.2. The first-order chi connectivity index (χ1) is 12.9. The molecule has 0 aliphatic heterocycles. The van der Waals surface area contributed by atoms with E-state index in [1.165, 1.54) is 12.3 Å². The van der Waals surface area contributed by atoms with Gasteiger partial charge in [-0.15, -0.1) is 0 Å². The average molecular weight is 376 g/mol. The van der Waals surface area contributed by atoms with Crippen molar-refractivity contribution >= 4 is 23.4 Å². The lowest BCUT2D eigenvalue weighted by atomic mass is 9.88. The number of nitrogens with zero attached hydrogens (tertiary/aromatic N) is 4. The first-order valence-electron chi connectivity index (χ1n) is 8.96. The van der Waals surface area contributed by atoms with Gasteiger partial charge in [-0.2, -0.15) is 15.0 Å². The molecule has 9 heteroatoms. The van der Waals surface area contributed by atoms with E-state index in [0.717, 1.165) is 12.8 Å². The summed E-state index contributed by atoms with van der Waals surface area (Å²) in [5, 5.41) is 6.07. The lowest BCUT2D eigenvalue weighted by Gasteiger charge is -2.21. The molecule has 0 amide bonds. The van der Waals surface area contributed by atoms with Crippen molar-refractivity contribution in [2.75, 3.05) is 10.6 Å². The van der Waals surface area contributed by atoms with Gasteiger partial charge in [-0.05, 0) is 38.8 Å². The third-order valence-electron chi connectivity index (χ3n) is 4.18. The summed E-state index contributed by atoms with van der Waals surface area (Å²) in [4.78, 5) is 28.7. The van der Waals surface area contributed by atoms with Gasteiger partial charge in [-0.3, -0.25) is 9.78 Å². The third kappa shape index (κ3) is 5.15. The highest BCUT2D eigenvalue weighted by Gasteiger charge is 2.24. The van der Waals surface area contributed by atoms with Crippen LogP contribution >= 0.6 is 0 Å². The summed E-state index contributed by atoms with van der Waals surface area (Å²) in [6.45, 7) is 3.91. The van der Waals surface area contributed by atoms with Crippen molar-refractivity contribution < 1.29 is 13.6 Å². The quantitative estimate of drug-likeness (QED) is 0.787. The fourth-order valence-corrected chi connectivity index (χ4v) is 2.97. The lowest BCUT2D eigenvalue weighted by Crippen LogP contribution is -2.19. The first kappa shape index (κ1) is 19.1. The Kier molecular flexibility index (Phi) is 5.88. The van der Waals surface area contributed by atoms with Crippen LogP contribution in [0.5, 0.6) is 0 Å². The normalized spacial score (nSPS) is 17.4. The second kappa shape index (κ2) is 8.32. The molecule has 1 fully saturated rings. The summed E-state index contributed by atoms with van der Waals surface area (Å²) in [5.41, 5.74) is 0.0837. The molecule has 1 aliphatic rings. The minimum Gasteiger partial charge on any atom is -0.352 e. The summed E-state index contributed by atoms with van der Waals surface area (Å²) in [6, 6.07) is 2.93. The van der Waals surface area contributed by atoms with Crippen molar-refractivity contribution in [3.63, 3.8) is 0 Å². The summed E-state index contributed by atoms with van der Waals surface area (Å²) in [6.07, 6.45) is 1.30. The Morgan fingerprint density at radius 3 is 2.67 bits per heavy atom. The molecule has 3 rings (SSSR count). The number of hydrogen-bond donors (Lipinski definition) is 2. The minimum absolute atomic E-state index is 0.0587. The molecule has 2 N–H and O–H groups in total. The van der Waals surface area contributed by atoms with E-state index in [9.17, 15) is 13.6 Å². The molecule has 27 heavy (non-hydrogen) atoms. The Morgan fingerprint density at radius 2 is 1.96 bits per heavy atom. The maximum Gasteiger partial charge on any atom is 0.280 e. The molecule has 144 valence electrons. The third-order valence-corrected chi connectivity index (χ3v) is 4.18. The highest BCUT2D eigenvalue weighted by molar-refractivity contribution is 5.79. The van der Waals surface area contributed by atoms with Gasteiger partial charge in [0.05, 0.1) is 0 Å². The van der Waals surface area contributed by atoms with Gasteiger partial charge in [-0.1, -0.05) is 0 Å². The number of alkyl halides is 2. The summed E-state index contributed by atoms with van der Waals surface area (Å²) < 4.78 is 25.7. The minimum atomic E-state index is -2.66. The lowest BCUT2D eigenvalue weighted by molar-refractivity contribution is -0.120. The van der Waals surface area contributed by atoms with Crippen molar-refractivity contribution in [1.82, 2.24) is 19.9 Å². The van der Waals surface area contributed by atoms with E-state index in [4.69, 9.17) is 0 Å². The predicted molar refractivity (Wildman–Crippen MR) is 97.3 cm³/mol. The number of carbonyl (C=O) groups is 1. The molecule has 2 aromatic rings. The number of aromatic nitrogens is 4. The highest BCUT2D eigenvalue weighted by Crippen LogP contribution is 2.30. The molecule has 1 aliphatic carbocycles. The Balaban J connectivity index is 1.90. The second-order valence-corrected chi connectivity index (χ2v) is 6.87. The molecule has 0 aromatic carbocycles. The van der Waals surface area contributed by atoms with Gasteiger partial charge in [0.25, 0.3) is 6.43 Å². The van der Waals surface area contributed by atoms with Gasteiger partial charge in [-0.25, -0.2) is 8.78 Å². The number of Topliss-reactive ketones (excluding diaryl/α,β-unsaturated/α-hetero) is 1. The van der Waals surface area contributed by atoms with Crippen LogP contribution in [0.3, 0.4) is 0 Å². The maximum absolute atomic E-state index is 12.9. The first-order valence-corrected chi connectivity index (χ1v) is 8.96. The Morgan fingerprint density at radius 1 is 1.19 bits per heavy atom. The van der Waals surface area contributed by atoms with Crippen molar-refractivity contribution in [2.45, 2.75) is 57.9 Å². The van der Waals surface area contributed by atoms with Crippen LogP contribution in [0.1, 0.15) is 63.4 Å². The second-order valence-electron chi connectivity index (χ2n) is 6.87. The predicted octanol–water partition coefficient (Wildman–Crippen LogP) is 3.99. The molecular weight excluding hydrogens is 354 g/mol. The zero-order valence-electron chi connectivity index (χ0n) is 15.2. The summed E-state index contributed by atoms with van der Waals surface area (Å²) in [5.74, 6) is 1.31. The van der Waals surface area contributed by atoms with Crippen LogP contribution in [0.25, 0.3) is 0 Å². The zero-order chi connectivity index (χ0) is 19.4. The van der Waals surface area contributed by atoms with Crippen LogP contribution < -0.4 is 10.6 Å². The molecule has 1 atom stereocenters. The molecular formula is C18H22F2N6O. The number of anilines is 3. The van der Waals surface area contributed by atoms with Gasteiger partial charge in [0, 0.05) is 36.7 Å². The van der Waals surface area contributed by atoms with Gasteiger partial charge < -0.3 is 10.6 Å². The molecule has 1 unspecified atom stereocenters.